The van der Waals surface area contributed by atoms with E-state index in [2.05, 4.69) is 5.32 Å². The summed E-state index contributed by atoms with van der Waals surface area (Å²) in [5.41, 5.74) is 1.78. The van der Waals surface area contributed by atoms with Crippen LogP contribution in [0.15, 0.2) is 48.5 Å². The summed E-state index contributed by atoms with van der Waals surface area (Å²) in [5, 5.41) is 3.41. The zero-order valence-electron chi connectivity index (χ0n) is 14.6. The standard InChI is InChI=1S/C18H21ClN2O4S/c1-21(26(2,23)24)12-15-5-9-17(10-6-15)25-13-18(22)20-11-14-3-7-16(19)8-4-14/h3-10H,11-13H2,1-2H3,(H,20,22). The van der Waals surface area contributed by atoms with Gasteiger partial charge in [-0.05, 0) is 35.4 Å². The molecule has 0 saturated carbocycles. The van der Waals surface area contributed by atoms with Gasteiger partial charge in [-0.2, -0.15) is 0 Å². The third kappa shape index (κ3) is 6.67. The Morgan fingerprint density at radius 1 is 1.08 bits per heavy atom. The van der Waals surface area contributed by atoms with Gasteiger partial charge in [0.25, 0.3) is 5.91 Å². The molecule has 0 bridgehead atoms. The molecule has 0 heterocycles. The van der Waals surface area contributed by atoms with Crippen LogP contribution in [0, 0.1) is 0 Å². The Kier molecular flexibility index (Phi) is 7.02. The first-order valence-electron chi connectivity index (χ1n) is 7.88. The molecule has 140 valence electrons. The van der Waals surface area contributed by atoms with Crippen molar-refractivity contribution in [1.82, 2.24) is 9.62 Å². The minimum absolute atomic E-state index is 0.101. The van der Waals surface area contributed by atoms with Crippen LogP contribution in [0.2, 0.25) is 5.02 Å². The fourth-order valence-electron chi connectivity index (χ4n) is 2.07. The van der Waals surface area contributed by atoms with Crippen molar-refractivity contribution in [2.45, 2.75) is 13.1 Å². The van der Waals surface area contributed by atoms with Crippen LogP contribution in [0.1, 0.15) is 11.1 Å². The molecule has 0 aliphatic heterocycles. The van der Waals surface area contributed by atoms with Crippen LogP contribution >= 0.6 is 11.6 Å². The molecule has 1 amide bonds. The van der Waals surface area contributed by atoms with Crippen molar-refractivity contribution in [2.75, 3.05) is 19.9 Å². The van der Waals surface area contributed by atoms with Crippen LogP contribution in [0.4, 0.5) is 0 Å². The smallest absolute Gasteiger partial charge is 0.258 e. The first kappa shape index (κ1) is 20.2. The number of hydrogen-bond acceptors (Lipinski definition) is 4. The molecule has 8 heteroatoms. The molecular weight excluding hydrogens is 376 g/mol. The van der Waals surface area contributed by atoms with E-state index in [1.165, 1.54) is 11.4 Å². The molecular formula is C18H21ClN2O4S. The Hall–Kier alpha value is -2.09. The van der Waals surface area contributed by atoms with Crippen molar-refractivity contribution >= 4 is 27.5 Å². The average Bonchev–Trinajstić information content (AvgIpc) is 2.60. The van der Waals surface area contributed by atoms with Gasteiger partial charge in [0.1, 0.15) is 5.75 Å². The minimum Gasteiger partial charge on any atom is -0.484 e. The molecule has 0 spiro atoms. The molecule has 0 unspecified atom stereocenters. The van der Waals surface area contributed by atoms with Gasteiger partial charge < -0.3 is 10.1 Å². The first-order chi connectivity index (χ1) is 12.2. The Labute approximate surface area is 158 Å². The molecule has 0 radical (unpaired) electrons. The van der Waals surface area contributed by atoms with Crippen molar-refractivity contribution in [1.29, 1.82) is 0 Å². The largest absolute Gasteiger partial charge is 0.484 e. The normalized spacial score (nSPS) is 11.4. The van der Waals surface area contributed by atoms with Crippen LogP contribution in [-0.2, 0) is 27.9 Å². The summed E-state index contributed by atoms with van der Waals surface area (Å²) in [5.74, 6) is 0.304. The lowest BCUT2D eigenvalue weighted by Gasteiger charge is -2.14. The van der Waals surface area contributed by atoms with Crippen molar-refractivity contribution in [3.63, 3.8) is 0 Å². The predicted octanol–water partition coefficient (Wildman–Crippen LogP) is 2.43. The Morgan fingerprint density at radius 3 is 2.23 bits per heavy atom. The summed E-state index contributed by atoms with van der Waals surface area (Å²) in [6, 6.07) is 14.2. The van der Waals surface area contributed by atoms with Crippen molar-refractivity contribution in [2.24, 2.45) is 0 Å². The fourth-order valence-corrected chi connectivity index (χ4v) is 2.58. The number of carbonyl (C=O) groups is 1. The summed E-state index contributed by atoms with van der Waals surface area (Å²) < 4.78 is 29.5. The van der Waals surface area contributed by atoms with Gasteiger partial charge >= 0.3 is 0 Å². The molecule has 0 fully saturated rings. The minimum atomic E-state index is -3.22. The van der Waals surface area contributed by atoms with E-state index in [-0.39, 0.29) is 19.1 Å². The van der Waals surface area contributed by atoms with E-state index in [1.54, 1.807) is 36.4 Å². The predicted molar refractivity (Wildman–Crippen MR) is 102 cm³/mol. The zero-order chi connectivity index (χ0) is 19.2. The molecule has 26 heavy (non-hydrogen) atoms. The Balaban J connectivity index is 1.78. The van der Waals surface area contributed by atoms with Gasteiger partial charge in [0.15, 0.2) is 6.61 Å². The fraction of sp³-hybridized carbons (Fsp3) is 0.278. The molecule has 0 aliphatic rings. The van der Waals surface area contributed by atoms with Crippen LogP contribution in [0.3, 0.4) is 0 Å². The molecule has 0 saturated heterocycles. The monoisotopic (exact) mass is 396 g/mol. The van der Waals surface area contributed by atoms with Crippen LogP contribution in [0.5, 0.6) is 5.75 Å². The van der Waals surface area contributed by atoms with Gasteiger partial charge in [-0.3, -0.25) is 4.79 Å². The van der Waals surface area contributed by atoms with E-state index in [0.29, 0.717) is 17.3 Å². The second kappa shape index (κ2) is 9.02. The van der Waals surface area contributed by atoms with E-state index in [4.69, 9.17) is 16.3 Å². The number of nitrogens with zero attached hydrogens (tertiary/aromatic N) is 1. The highest BCUT2D eigenvalue weighted by atomic mass is 35.5. The van der Waals surface area contributed by atoms with Crippen LogP contribution < -0.4 is 10.1 Å². The molecule has 2 aromatic rings. The van der Waals surface area contributed by atoms with Gasteiger partial charge in [0.2, 0.25) is 10.0 Å². The lowest BCUT2D eigenvalue weighted by atomic mass is 10.2. The van der Waals surface area contributed by atoms with Gasteiger partial charge in [-0.15, -0.1) is 0 Å². The number of nitrogens with one attached hydrogen (secondary N) is 1. The number of sulfonamides is 1. The summed E-state index contributed by atoms with van der Waals surface area (Å²) >= 11 is 5.81. The molecule has 0 aromatic heterocycles. The number of benzene rings is 2. The highest BCUT2D eigenvalue weighted by Gasteiger charge is 2.11. The second-order valence-corrected chi connectivity index (χ2v) is 8.38. The third-order valence-corrected chi connectivity index (χ3v) is 5.18. The van der Waals surface area contributed by atoms with E-state index in [0.717, 1.165) is 17.4 Å². The number of amides is 1. The molecule has 2 rings (SSSR count). The van der Waals surface area contributed by atoms with E-state index in [9.17, 15) is 13.2 Å². The maximum atomic E-state index is 11.8. The number of rotatable bonds is 8. The molecule has 6 nitrogen and oxygen atoms in total. The van der Waals surface area contributed by atoms with Crippen LogP contribution in [0.25, 0.3) is 0 Å². The summed E-state index contributed by atoms with van der Waals surface area (Å²) in [4.78, 5) is 11.8. The van der Waals surface area contributed by atoms with Gasteiger partial charge in [0.05, 0.1) is 6.26 Å². The lowest BCUT2D eigenvalue weighted by molar-refractivity contribution is -0.123. The van der Waals surface area contributed by atoms with E-state index in [1.807, 2.05) is 12.1 Å². The van der Waals surface area contributed by atoms with Crippen molar-refractivity contribution in [3.05, 3.63) is 64.7 Å². The van der Waals surface area contributed by atoms with Gasteiger partial charge in [-0.25, -0.2) is 12.7 Å². The molecule has 1 N–H and O–H groups in total. The summed E-state index contributed by atoms with van der Waals surface area (Å²) in [6.07, 6.45) is 1.16. The summed E-state index contributed by atoms with van der Waals surface area (Å²) in [7, 11) is -1.70. The Bertz CT molecular complexity index is 836. The van der Waals surface area contributed by atoms with Gasteiger partial charge in [0, 0.05) is 25.2 Å². The first-order valence-corrected chi connectivity index (χ1v) is 10.1. The zero-order valence-corrected chi connectivity index (χ0v) is 16.2. The highest BCUT2D eigenvalue weighted by Crippen LogP contribution is 2.14. The maximum Gasteiger partial charge on any atom is 0.258 e. The molecule has 0 atom stereocenters. The van der Waals surface area contributed by atoms with Crippen molar-refractivity contribution < 1.29 is 17.9 Å². The SMILES string of the molecule is CN(Cc1ccc(OCC(=O)NCc2ccc(Cl)cc2)cc1)S(C)(=O)=O. The number of halogens is 1. The maximum absolute atomic E-state index is 11.8. The number of carbonyl (C=O) groups excluding carboxylic acids is 1. The number of ether oxygens (including phenoxy) is 1. The molecule has 0 aliphatic carbocycles. The quantitative estimate of drug-likeness (QED) is 0.743. The summed E-state index contributed by atoms with van der Waals surface area (Å²) in [6.45, 7) is 0.576. The second-order valence-electron chi connectivity index (χ2n) is 5.85. The van der Waals surface area contributed by atoms with Crippen molar-refractivity contribution in [3.8, 4) is 5.75 Å². The molecule has 2 aromatic carbocycles. The van der Waals surface area contributed by atoms with E-state index < -0.39 is 10.0 Å². The number of hydrogen-bond donors (Lipinski definition) is 1. The van der Waals surface area contributed by atoms with Crippen LogP contribution in [-0.4, -0.2) is 38.5 Å². The van der Waals surface area contributed by atoms with E-state index >= 15 is 0 Å². The third-order valence-electron chi connectivity index (χ3n) is 3.67. The van der Waals surface area contributed by atoms with Gasteiger partial charge in [-0.1, -0.05) is 35.9 Å². The highest BCUT2D eigenvalue weighted by molar-refractivity contribution is 7.88. The Morgan fingerprint density at radius 2 is 1.65 bits per heavy atom. The average molecular weight is 397 g/mol. The lowest BCUT2D eigenvalue weighted by Crippen LogP contribution is -2.28. The topological polar surface area (TPSA) is 75.7 Å².